The number of rotatable bonds is 7. The van der Waals surface area contributed by atoms with Crippen molar-refractivity contribution >= 4 is 5.65 Å². The van der Waals surface area contributed by atoms with Crippen molar-refractivity contribution in [2.24, 2.45) is 17.4 Å². The minimum atomic E-state index is 0.506. The SMILES string of the molecule is NCc1ccc(-c2nc(OCC3CCNCC3)c3nccn3c2-c2ccc(CN)cc2)cc1. The Morgan fingerprint density at radius 2 is 1.55 bits per heavy atom. The van der Waals surface area contributed by atoms with E-state index < -0.39 is 0 Å². The molecule has 0 aliphatic carbocycles. The van der Waals surface area contributed by atoms with Gasteiger partial charge in [-0.2, -0.15) is 0 Å². The number of imidazole rings is 1. The van der Waals surface area contributed by atoms with Gasteiger partial charge in [-0.15, -0.1) is 0 Å². The molecule has 0 radical (unpaired) electrons. The Hall–Kier alpha value is -3.26. The highest BCUT2D eigenvalue weighted by Gasteiger charge is 2.21. The molecule has 0 atom stereocenters. The number of ether oxygens (including phenoxy) is 1. The molecule has 7 heteroatoms. The van der Waals surface area contributed by atoms with E-state index in [0.717, 1.165) is 65.2 Å². The maximum Gasteiger partial charge on any atom is 0.259 e. The average molecular weight is 443 g/mol. The molecular formula is C26H30N6O. The van der Waals surface area contributed by atoms with Gasteiger partial charge in [0.1, 0.15) is 0 Å². The molecule has 0 saturated carbocycles. The van der Waals surface area contributed by atoms with Gasteiger partial charge in [-0.1, -0.05) is 48.5 Å². The molecule has 1 fully saturated rings. The molecule has 2 aromatic heterocycles. The second-order valence-electron chi connectivity index (χ2n) is 8.54. The summed E-state index contributed by atoms with van der Waals surface area (Å²) in [4.78, 5) is 9.62. The molecule has 1 aliphatic rings. The molecule has 3 heterocycles. The molecule has 1 saturated heterocycles. The monoisotopic (exact) mass is 442 g/mol. The third-order valence-electron chi connectivity index (χ3n) is 6.35. The van der Waals surface area contributed by atoms with E-state index in [-0.39, 0.29) is 0 Å². The Morgan fingerprint density at radius 1 is 0.909 bits per heavy atom. The average Bonchev–Trinajstić information content (AvgIpc) is 3.38. The summed E-state index contributed by atoms with van der Waals surface area (Å²) in [5, 5.41) is 3.41. The highest BCUT2D eigenvalue weighted by molar-refractivity contribution is 5.81. The van der Waals surface area contributed by atoms with Crippen molar-refractivity contribution in [1.29, 1.82) is 0 Å². The van der Waals surface area contributed by atoms with Crippen molar-refractivity contribution in [2.45, 2.75) is 25.9 Å². The van der Waals surface area contributed by atoms with E-state index in [2.05, 4.69) is 51.1 Å². The highest BCUT2D eigenvalue weighted by Crippen LogP contribution is 2.35. The molecule has 0 bridgehead atoms. The Bertz CT molecular complexity index is 1210. The fourth-order valence-corrected chi connectivity index (χ4v) is 4.38. The van der Waals surface area contributed by atoms with Gasteiger partial charge in [-0.05, 0) is 43.0 Å². The van der Waals surface area contributed by atoms with Crippen LogP contribution in [0, 0.1) is 5.92 Å². The van der Waals surface area contributed by atoms with Crippen LogP contribution in [-0.2, 0) is 13.1 Å². The lowest BCUT2D eigenvalue weighted by atomic mass is 9.99. The summed E-state index contributed by atoms with van der Waals surface area (Å²) < 4.78 is 8.37. The lowest BCUT2D eigenvalue weighted by molar-refractivity contribution is 0.210. The number of nitrogens with two attached hydrogens (primary N) is 2. The smallest absolute Gasteiger partial charge is 0.259 e. The Morgan fingerprint density at radius 3 is 2.18 bits per heavy atom. The van der Waals surface area contributed by atoms with Gasteiger partial charge in [-0.3, -0.25) is 4.40 Å². The fraction of sp³-hybridized carbons (Fsp3) is 0.308. The van der Waals surface area contributed by atoms with Gasteiger partial charge in [0.05, 0.1) is 18.0 Å². The number of nitrogens with one attached hydrogen (secondary N) is 1. The first kappa shape index (κ1) is 21.6. The molecule has 2 aromatic carbocycles. The van der Waals surface area contributed by atoms with Crippen LogP contribution in [0.4, 0.5) is 0 Å². The van der Waals surface area contributed by atoms with Crippen molar-refractivity contribution in [1.82, 2.24) is 19.7 Å². The first-order valence-corrected chi connectivity index (χ1v) is 11.6. The van der Waals surface area contributed by atoms with Crippen LogP contribution in [-0.4, -0.2) is 34.1 Å². The highest BCUT2D eigenvalue weighted by atomic mass is 16.5. The zero-order chi connectivity index (χ0) is 22.6. The van der Waals surface area contributed by atoms with Crippen LogP contribution in [0.5, 0.6) is 5.88 Å². The second kappa shape index (κ2) is 9.70. The van der Waals surface area contributed by atoms with E-state index in [1.807, 2.05) is 18.3 Å². The minimum Gasteiger partial charge on any atom is -0.475 e. The molecule has 7 nitrogen and oxygen atoms in total. The Labute approximate surface area is 193 Å². The number of hydrogen-bond donors (Lipinski definition) is 3. The Kier molecular flexibility index (Phi) is 6.35. The first-order valence-electron chi connectivity index (χ1n) is 11.6. The van der Waals surface area contributed by atoms with E-state index >= 15 is 0 Å². The van der Waals surface area contributed by atoms with Gasteiger partial charge >= 0.3 is 0 Å². The molecule has 33 heavy (non-hydrogen) atoms. The van der Waals surface area contributed by atoms with Crippen molar-refractivity contribution in [2.75, 3.05) is 19.7 Å². The number of piperidine rings is 1. The molecule has 5 N–H and O–H groups in total. The summed E-state index contributed by atoms with van der Waals surface area (Å²) in [6.45, 7) is 3.74. The van der Waals surface area contributed by atoms with Crippen LogP contribution in [0.1, 0.15) is 24.0 Å². The van der Waals surface area contributed by atoms with Gasteiger partial charge in [0.25, 0.3) is 5.88 Å². The summed E-state index contributed by atoms with van der Waals surface area (Å²) in [5.41, 5.74) is 18.4. The van der Waals surface area contributed by atoms with E-state index in [0.29, 0.717) is 31.5 Å². The molecule has 1 aliphatic heterocycles. The Balaban J connectivity index is 1.62. The van der Waals surface area contributed by atoms with Crippen molar-refractivity contribution < 1.29 is 4.74 Å². The summed E-state index contributed by atoms with van der Waals surface area (Å²) in [7, 11) is 0. The predicted octanol–water partition coefficient (Wildman–Crippen LogP) is 3.36. The van der Waals surface area contributed by atoms with Gasteiger partial charge in [0, 0.05) is 36.6 Å². The lowest BCUT2D eigenvalue weighted by Crippen LogP contribution is -2.30. The number of nitrogens with zero attached hydrogens (tertiary/aromatic N) is 3. The number of fused-ring (bicyclic) bond motifs is 1. The molecular weight excluding hydrogens is 412 g/mol. The van der Waals surface area contributed by atoms with Gasteiger partial charge in [-0.25, -0.2) is 9.97 Å². The van der Waals surface area contributed by atoms with Crippen LogP contribution in [0.15, 0.2) is 60.9 Å². The van der Waals surface area contributed by atoms with E-state index in [1.54, 1.807) is 6.20 Å². The summed E-state index contributed by atoms with van der Waals surface area (Å²) >= 11 is 0. The molecule has 4 aromatic rings. The van der Waals surface area contributed by atoms with Crippen LogP contribution in [0.25, 0.3) is 28.2 Å². The van der Waals surface area contributed by atoms with Crippen molar-refractivity contribution in [3.05, 3.63) is 72.1 Å². The number of aromatic nitrogens is 3. The zero-order valence-electron chi connectivity index (χ0n) is 18.7. The van der Waals surface area contributed by atoms with Gasteiger partial charge in [0.2, 0.25) is 5.65 Å². The maximum absolute atomic E-state index is 6.29. The van der Waals surface area contributed by atoms with E-state index in [9.17, 15) is 0 Å². The fourth-order valence-electron chi connectivity index (χ4n) is 4.38. The quantitative estimate of drug-likeness (QED) is 0.406. The number of hydrogen-bond acceptors (Lipinski definition) is 6. The summed E-state index contributed by atoms with van der Waals surface area (Å²) in [6.07, 6.45) is 6.00. The van der Waals surface area contributed by atoms with E-state index in [1.165, 1.54) is 0 Å². The first-order chi connectivity index (χ1) is 16.3. The standard InChI is InChI=1S/C26H30N6O/c27-15-18-1-5-21(6-2-18)23-24(22-7-3-19(16-28)4-8-22)32-14-13-30-25(32)26(31-23)33-17-20-9-11-29-12-10-20/h1-8,13-14,20,29H,9-12,15-17,27-28H2. The molecule has 0 unspecified atom stereocenters. The van der Waals surface area contributed by atoms with Crippen LogP contribution in [0.2, 0.25) is 0 Å². The van der Waals surface area contributed by atoms with Gasteiger partial charge in [0.15, 0.2) is 0 Å². The topological polar surface area (TPSA) is 103 Å². The van der Waals surface area contributed by atoms with Crippen molar-refractivity contribution in [3.8, 4) is 28.4 Å². The summed E-state index contributed by atoms with van der Waals surface area (Å²) in [5.74, 6) is 1.09. The van der Waals surface area contributed by atoms with Crippen molar-refractivity contribution in [3.63, 3.8) is 0 Å². The van der Waals surface area contributed by atoms with E-state index in [4.69, 9.17) is 21.2 Å². The third kappa shape index (κ3) is 4.48. The van der Waals surface area contributed by atoms with Gasteiger partial charge < -0.3 is 21.5 Å². The molecule has 5 rings (SSSR count). The van der Waals surface area contributed by atoms with Crippen LogP contribution in [0.3, 0.4) is 0 Å². The second-order valence-corrected chi connectivity index (χ2v) is 8.54. The van der Waals surface area contributed by atoms with Crippen LogP contribution < -0.4 is 21.5 Å². The van der Waals surface area contributed by atoms with Crippen LogP contribution >= 0.6 is 0 Å². The molecule has 0 spiro atoms. The minimum absolute atomic E-state index is 0.506. The lowest BCUT2D eigenvalue weighted by Gasteiger charge is -2.23. The number of benzene rings is 2. The summed E-state index contributed by atoms with van der Waals surface area (Å²) in [6, 6.07) is 16.5. The normalized spacial score (nSPS) is 14.6. The molecule has 170 valence electrons. The maximum atomic E-state index is 6.29. The zero-order valence-corrected chi connectivity index (χ0v) is 18.7. The largest absolute Gasteiger partial charge is 0.475 e. The molecule has 0 amide bonds. The predicted molar refractivity (Wildman–Crippen MR) is 131 cm³/mol. The third-order valence-corrected chi connectivity index (χ3v) is 6.35.